The Morgan fingerprint density at radius 3 is 2.59 bits per heavy atom. The first kappa shape index (κ1) is 20.5. The van der Waals surface area contributed by atoms with Crippen LogP contribution in [-0.2, 0) is 11.2 Å². The van der Waals surface area contributed by atoms with Gasteiger partial charge in [0.15, 0.2) is 0 Å². The number of hydrogen-bond donors (Lipinski definition) is 2. The molecule has 0 unspecified atom stereocenters. The van der Waals surface area contributed by atoms with Crippen molar-refractivity contribution in [2.24, 2.45) is 0 Å². The highest BCUT2D eigenvalue weighted by Gasteiger charge is 2.17. The maximum atomic E-state index is 12.5. The summed E-state index contributed by atoms with van der Waals surface area (Å²) in [7, 11) is 1.54. The van der Waals surface area contributed by atoms with E-state index in [9.17, 15) is 9.59 Å². The van der Waals surface area contributed by atoms with Crippen LogP contribution in [-0.4, -0.2) is 30.5 Å². The Morgan fingerprint density at radius 1 is 1.10 bits per heavy atom. The van der Waals surface area contributed by atoms with E-state index in [4.69, 9.17) is 4.74 Å². The quantitative estimate of drug-likeness (QED) is 0.623. The van der Waals surface area contributed by atoms with Crippen molar-refractivity contribution in [3.05, 3.63) is 75.2 Å². The Hall–Kier alpha value is -3.19. The molecule has 7 heteroatoms. The lowest BCUT2D eigenvalue weighted by Crippen LogP contribution is -2.32. The van der Waals surface area contributed by atoms with Crippen molar-refractivity contribution < 1.29 is 14.3 Å². The zero-order valence-electron chi connectivity index (χ0n) is 16.6. The minimum absolute atomic E-state index is 0.138. The number of methoxy groups -OCH3 is 1. The highest BCUT2D eigenvalue weighted by atomic mass is 32.1. The molecule has 2 N–H and O–H groups in total. The van der Waals surface area contributed by atoms with E-state index in [0.29, 0.717) is 28.4 Å². The number of amides is 2. The second-order valence-corrected chi connectivity index (χ2v) is 7.70. The van der Waals surface area contributed by atoms with Crippen LogP contribution in [0.2, 0.25) is 0 Å². The average Bonchev–Trinajstić information content (AvgIpc) is 3.07. The first-order chi connectivity index (χ1) is 14.0. The number of rotatable bonds is 7. The zero-order valence-corrected chi connectivity index (χ0v) is 17.4. The van der Waals surface area contributed by atoms with E-state index in [-0.39, 0.29) is 18.4 Å². The van der Waals surface area contributed by atoms with E-state index in [1.165, 1.54) is 11.3 Å². The molecule has 2 aromatic carbocycles. The smallest absolute Gasteiger partial charge is 0.263 e. The van der Waals surface area contributed by atoms with Gasteiger partial charge in [-0.3, -0.25) is 9.59 Å². The largest absolute Gasteiger partial charge is 0.495 e. The molecule has 0 aliphatic heterocycles. The molecule has 0 bridgehead atoms. The van der Waals surface area contributed by atoms with Crippen LogP contribution >= 0.6 is 11.3 Å². The Morgan fingerprint density at radius 2 is 1.86 bits per heavy atom. The van der Waals surface area contributed by atoms with Crippen molar-refractivity contribution >= 4 is 28.8 Å². The molecule has 1 aromatic heterocycles. The van der Waals surface area contributed by atoms with Crippen LogP contribution in [0.1, 0.15) is 31.5 Å². The fourth-order valence-electron chi connectivity index (χ4n) is 2.86. The third-order valence-corrected chi connectivity index (χ3v) is 5.44. The third-order valence-electron chi connectivity index (χ3n) is 4.28. The van der Waals surface area contributed by atoms with Crippen molar-refractivity contribution in [3.8, 4) is 5.75 Å². The number of carbonyl (C=O) groups excluding carboxylic acids is 2. The second-order valence-electron chi connectivity index (χ2n) is 6.62. The fraction of sp³-hybridized carbons (Fsp3) is 0.227. The predicted molar refractivity (Wildman–Crippen MR) is 115 cm³/mol. The van der Waals surface area contributed by atoms with E-state index >= 15 is 0 Å². The lowest BCUT2D eigenvalue weighted by atomic mass is 10.2. The minimum atomic E-state index is -0.325. The van der Waals surface area contributed by atoms with Gasteiger partial charge in [0.2, 0.25) is 5.91 Å². The Bertz CT molecular complexity index is 1020. The van der Waals surface area contributed by atoms with E-state index < -0.39 is 0 Å². The molecular formula is C22H23N3O3S. The van der Waals surface area contributed by atoms with Gasteiger partial charge in [0.05, 0.1) is 30.0 Å². The topological polar surface area (TPSA) is 80.3 Å². The number of benzene rings is 2. The molecule has 0 fully saturated rings. The highest BCUT2D eigenvalue weighted by molar-refractivity contribution is 7.13. The molecule has 3 rings (SSSR count). The number of aryl methyl sites for hydroxylation is 2. The van der Waals surface area contributed by atoms with Crippen molar-refractivity contribution in [2.45, 2.75) is 20.3 Å². The summed E-state index contributed by atoms with van der Waals surface area (Å²) in [5, 5.41) is 6.31. The minimum Gasteiger partial charge on any atom is -0.495 e. The van der Waals surface area contributed by atoms with Gasteiger partial charge in [-0.15, -0.1) is 11.3 Å². The summed E-state index contributed by atoms with van der Waals surface area (Å²) in [6.07, 6.45) is 0.674. The van der Waals surface area contributed by atoms with Gasteiger partial charge in [-0.25, -0.2) is 4.98 Å². The lowest BCUT2D eigenvalue weighted by molar-refractivity contribution is -0.115. The van der Waals surface area contributed by atoms with Crippen molar-refractivity contribution in [1.29, 1.82) is 0 Å². The van der Waals surface area contributed by atoms with Gasteiger partial charge in [-0.2, -0.15) is 0 Å². The Balaban J connectivity index is 1.59. The van der Waals surface area contributed by atoms with Gasteiger partial charge >= 0.3 is 0 Å². The molecule has 0 atom stereocenters. The summed E-state index contributed by atoms with van der Waals surface area (Å²) < 4.78 is 5.25. The molecule has 3 aromatic rings. The number of ether oxygens (including phenoxy) is 1. The predicted octanol–water partition coefficient (Wildman–Crippen LogP) is 3.73. The number of hydrogen-bond acceptors (Lipinski definition) is 5. The second kappa shape index (κ2) is 9.34. The molecule has 2 amide bonds. The summed E-state index contributed by atoms with van der Waals surface area (Å²) in [6.45, 7) is 3.59. The molecule has 0 spiro atoms. The first-order valence-electron chi connectivity index (χ1n) is 9.19. The summed E-state index contributed by atoms with van der Waals surface area (Å²) in [5.41, 5.74) is 3.38. The average molecular weight is 410 g/mol. The van der Waals surface area contributed by atoms with Crippen LogP contribution in [0.15, 0.2) is 48.5 Å². The molecule has 0 saturated carbocycles. The van der Waals surface area contributed by atoms with Crippen LogP contribution in [0.3, 0.4) is 0 Å². The van der Waals surface area contributed by atoms with E-state index in [2.05, 4.69) is 15.6 Å². The number of thiazole rings is 1. The van der Waals surface area contributed by atoms with E-state index in [0.717, 1.165) is 16.1 Å². The maximum absolute atomic E-state index is 12.5. The third kappa shape index (κ3) is 5.42. The van der Waals surface area contributed by atoms with Gasteiger partial charge in [-0.05, 0) is 37.1 Å². The number of nitrogens with one attached hydrogen (secondary N) is 2. The molecule has 0 radical (unpaired) electrons. The van der Waals surface area contributed by atoms with Crippen molar-refractivity contribution in [3.63, 3.8) is 0 Å². The summed E-state index contributed by atoms with van der Waals surface area (Å²) in [5.74, 6) is -0.0567. The molecule has 0 aliphatic rings. The van der Waals surface area contributed by atoms with Crippen LogP contribution < -0.4 is 15.4 Å². The Labute approximate surface area is 173 Å². The molecule has 29 heavy (non-hydrogen) atoms. The summed E-state index contributed by atoms with van der Waals surface area (Å²) in [4.78, 5) is 29.8. The molecule has 6 nitrogen and oxygen atoms in total. The summed E-state index contributed by atoms with van der Waals surface area (Å²) >= 11 is 1.35. The Kier molecular flexibility index (Phi) is 6.61. The van der Waals surface area contributed by atoms with Gasteiger partial charge in [-0.1, -0.05) is 36.4 Å². The molecule has 0 aliphatic carbocycles. The summed E-state index contributed by atoms with van der Waals surface area (Å²) in [6, 6.07) is 15.5. The van der Waals surface area contributed by atoms with E-state index in [1.807, 2.05) is 49.4 Å². The standard InChI is InChI=1S/C22H23N3O3S/c1-14-9-10-18(28-3)17(11-14)25-19(26)13-23-22(27)21-15(2)24-20(29-21)12-16-7-5-4-6-8-16/h4-11H,12-13H2,1-3H3,(H,23,27)(H,25,26). The number of aromatic nitrogens is 1. The lowest BCUT2D eigenvalue weighted by Gasteiger charge is -2.11. The number of anilines is 1. The van der Waals surface area contributed by atoms with Gasteiger partial charge in [0.25, 0.3) is 5.91 Å². The van der Waals surface area contributed by atoms with Crippen LogP contribution in [0.4, 0.5) is 5.69 Å². The van der Waals surface area contributed by atoms with E-state index in [1.54, 1.807) is 20.1 Å². The monoisotopic (exact) mass is 409 g/mol. The normalized spacial score (nSPS) is 10.4. The molecule has 1 heterocycles. The van der Waals surface area contributed by atoms with Crippen LogP contribution in [0, 0.1) is 13.8 Å². The number of nitrogens with zero attached hydrogens (tertiary/aromatic N) is 1. The van der Waals surface area contributed by atoms with Crippen molar-refractivity contribution in [2.75, 3.05) is 19.0 Å². The molecular weight excluding hydrogens is 386 g/mol. The van der Waals surface area contributed by atoms with Gasteiger partial charge in [0, 0.05) is 6.42 Å². The number of carbonyl (C=O) groups is 2. The molecule has 0 saturated heterocycles. The van der Waals surface area contributed by atoms with Gasteiger partial charge < -0.3 is 15.4 Å². The van der Waals surface area contributed by atoms with Crippen molar-refractivity contribution in [1.82, 2.24) is 10.3 Å². The molecule has 150 valence electrons. The van der Waals surface area contributed by atoms with Crippen LogP contribution in [0.25, 0.3) is 0 Å². The zero-order chi connectivity index (χ0) is 20.8. The van der Waals surface area contributed by atoms with Crippen LogP contribution in [0.5, 0.6) is 5.75 Å². The fourth-order valence-corrected chi connectivity index (χ4v) is 3.88. The highest BCUT2D eigenvalue weighted by Crippen LogP contribution is 2.25. The van der Waals surface area contributed by atoms with Gasteiger partial charge in [0.1, 0.15) is 10.6 Å². The maximum Gasteiger partial charge on any atom is 0.263 e. The SMILES string of the molecule is COc1ccc(C)cc1NC(=O)CNC(=O)c1sc(Cc2ccccc2)nc1C. The first-order valence-corrected chi connectivity index (χ1v) is 10.0.